The molecule has 1 heterocycles. The lowest BCUT2D eigenvalue weighted by Crippen LogP contribution is -2.28. The van der Waals surface area contributed by atoms with E-state index in [1.54, 1.807) is 0 Å². The van der Waals surface area contributed by atoms with E-state index in [9.17, 15) is 0 Å². The van der Waals surface area contributed by atoms with Crippen molar-refractivity contribution < 1.29 is 4.74 Å². The van der Waals surface area contributed by atoms with E-state index in [0.29, 0.717) is 12.6 Å². The summed E-state index contributed by atoms with van der Waals surface area (Å²) < 4.78 is 6.19. The Kier molecular flexibility index (Phi) is 3.33. The number of likely N-dealkylation sites (N-methyl/N-ethyl adjacent to an activating group) is 1. The maximum Gasteiger partial charge on any atom is 0.282 e. The molecular formula is C11H14BrN3O. The molecule has 1 aromatic rings. The van der Waals surface area contributed by atoms with Crippen LogP contribution in [-0.4, -0.2) is 32.3 Å². The number of amidine groups is 1. The van der Waals surface area contributed by atoms with Crippen LogP contribution < -0.4 is 10.6 Å². The molecule has 0 saturated heterocycles. The highest BCUT2D eigenvalue weighted by Crippen LogP contribution is 2.18. The van der Waals surface area contributed by atoms with Crippen LogP contribution in [-0.2, 0) is 4.74 Å². The van der Waals surface area contributed by atoms with E-state index in [0.717, 1.165) is 16.7 Å². The van der Waals surface area contributed by atoms with Gasteiger partial charge in [-0.1, -0.05) is 15.9 Å². The molecule has 0 bridgehead atoms. The third-order valence-corrected chi connectivity index (χ3v) is 3.01. The molecule has 4 nitrogen and oxygen atoms in total. The van der Waals surface area contributed by atoms with Gasteiger partial charge in [-0.25, -0.2) is 4.99 Å². The zero-order chi connectivity index (χ0) is 11.5. The standard InChI is InChI=1S/C11H14BrN3O/c1-15(6-9-7-16-11(13)14-9)10-4-2-8(12)3-5-10/h2-5,9H,6-7H2,1H3,(H2,13,14). The zero-order valence-electron chi connectivity index (χ0n) is 9.06. The van der Waals surface area contributed by atoms with Crippen LogP contribution in [0.15, 0.2) is 33.7 Å². The molecule has 0 saturated carbocycles. The van der Waals surface area contributed by atoms with Gasteiger partial charge < -0.3 is 15.4 Å². The van der Waals surface area contributed by atoms with Crippen LogP contribution in [0.25, 0.3) is 0 Å². The number of halogens is 1. The number of anilines is 1. The van der Waals surface area contributed by atoms with Gasteiger partial charge in [-0.2, -0.15) is 0 Å². The number of rotatable bonds is 3. The van der Waals surface area contributed by atoms with Gasteiger partial charge in [0.25, 0.3) is 6.02 Å². The van der Waals surface area contributed by atoms with Crippen LogP contribution >= 0.6 is 15.9 Å². The number of nitrogens with two attached hydrogens (primary N) is 1. The van der Waals surface area contributed by atoms with Gasteiger partial charge in [-0.05, 0) is 24.3 Å². The van der Waals surface area contributed by atoms with Crippen molar-refractivity contribution in [1.82, 2.24) is 0 Å². The highest BCUT2D eigenvalue weighted by atomic mass is 79.9. The van der Waals surface area contributed by atoms with E-state index in [1.165, 1.54) is 0 Å². The third-order valence-electron chi connectivity index (χ3n) is 2.49. The van der Waals surface area contributed by atoms with Gasteiger partial charge in [0.05, 0.1) is 0 Å². The number of hydrogen-bond donors (Lipinski definition) is 1. The average molecular weight is 284 g/mol. The van der Waals surface area contributed by atoms with Crippen LogP contribution in [0, 0.1) is 0 Å². The summed E-state index contributed by atoms with van der Waals surface area (Å²) in [5, 5.41) is 0. The van der Waals surface area contributed by atoms with Gasteiger partial charge in [0, 0.05) is 23.8 Å². The summed E-state index contributed by atoms with van der Waals surface area (Å²) in [7, 11) is 2.03. The molecule has 0 radical (unpaired) electrons. The van der Waals surface area contributed by atoms with Crippen molar-refractivity contribution in [2.45, 2.75) is 6.04 Å². The van der Waals surface area contributed by atoms with Gasteiger partial charge in [-0.15, -0.1) is 0 Å². The van der Waals surface area contributed by atoms with Gasteiger partial charge in [-0.3, -0.25) is 0 Å². The summed E-state index contributed by atoms with van der Waals surface area (Å²) in [4.78, 5) is 6.33. The molecule has 1 aliphatic rings. The second-order valence-corrected chi connectivity index (χ2v) is 4.70. The summed E-state index contributed by atoms with van der Waals surface area (Å²) in [5.74, 6) is 0. The van der Waals surface area contributed by atoms with Crippen molar-refractivity contribution in [1.29, 1.82) is 0 Å². The Bertz CT molecular complexity index is 391. The van der Waals surface area contributed by atoms with Gasteiger partial charge in [0.15, 0.2) is 0 Å². The van der Waals surface area contributed by atoms with Crippen LogP contribution in [0.3, 0.4) is 0 Å². The molecule has 0 amide bonds. The number of hydrogen-bond acceptors (Lipinski definition) is 4. The van der Waals surface area contributed by atoms with Crippen molar-refractivity contribution in [3.63, 3.8) is 0 Å². The van der Waals surface area contributed by atoms with Crippen molar-refractivity contribution in [3.8, 4) is 0 Å². The van der Waals surface area contributed by atoms with E-state index >= 15 is 0 Å². The smallest absolute Gasteiger partial charge is 0.282 e. The molecule has 1 unspecified atom stereocenters. The number of nitrogens with zero attached hydrogens (tertiary/aromatic N) is 2. The van der Waals surface area contributed by atoms with Crippen molar-refractivity contribution in [3.05, 3.63) is 28.7 Å². The van der Waals surface area contributed by atoms with Crippen molar-refractivity contribution >= 4 is 27.6 Å². The summed E-state index contributed by atoms with van der Waals surface area (Å²) in [6, 6.07) is 8.60. The molecule has 0 aromatic heterocycles. The molecule has 1 atom stereocenters. The Hall–Kier alpha value is -1.23. The third kappa shape index (κ3) is 2.66. The SMILES string of the molecule is CN(CC1COC(N)=N1)c1ccc(Br)cc1. The predicted octanol–water partition coefficient (Wildman–Crippen LogP) is 1.60. The molecule has 1 aliphatic heterocycles. The second-order valence-electron chi connectivity index (χ2n) is 3.79. The Balaban J connectivity index is 1.97. The maximum atomic E-state index is 5.46. The van der Waals surface area contributed by atoms with Crippen molar-refractivity contribution in [2.24, 2.45) is 10.7 Å². The molecule has 16 heavy (non-hydrogen) atoms. The fourth-order valence-corrected chi connectivity index (χ4v) is 1.91. The summed E-state index contributed by atoms with van der Waals surface area (Å²) in [5.41, 5.74) is 6.62. The lowest BCUT2D eigenvalue weighted by Gasteiger charge is -2.20. The first kappa shape index (κ1) is 11.3. The Morgan fingerprint density at radius 3 is 2.75 bits per heavy atom. The molecule has 0 aliphatic carbocycles. The fraction of sp³-hybridized carbons (Fsp3) is 0.364. The molecule has 5 heteroatoms. The lowest BCUT2D eigenvalue weighted by atomic mass is 10.2. The van der Waals surface area contributed by atoms with E-state index in [4.69, 9.17) is 10.5 Å². The lowest BCUT2D eigenvalue weighted by molar-refractivity contribution is 0.314. The molecule has 2 N–H and O–H groups in total. The molecule has 86 valence electrons. The topological polar surface area (TPSA) is 50.9 Å². The second kappa shape index (κ2) is 4.74. The zero-order valence-corrected chi connectivity index (χ0v) is 10.6. The Morgan fingerprint density at radius 1 is 1.50 bits per heavy atom. The monoisotopic (exact) mass is 283 g/mol. The number of aliphatic imine (C=N–C) groups is 1. The number of ether oxygens (including phenoxy) is 1. The summed E-state index contributed by atoms with van der Waals surface area (Å²) >= 11 is 3.41. The van der Waals surface area contributed by atoms with Gasteiger partial charge in [0.1, 0.15) is 12.6 Å². The van der Waals surface area contributed by atoms with E-state index in [2.05, 4.69) is 38.0 Å². The molecule has 0 fully saturated rings. The minimum atomic E-state index is 0.133. The molecular weight excluding hydrogens is 270 g/mol. The average Bonchev–Trinajstić information content (AvgIpc) is 2.65. The van der Waals surface area contributed by atoms with Crippen LogP contribution in [0.5, 0.6) is 0 Å². The van der Waals surface area contributed by atoms with E-state index < -0.39 is 0 Å². The molecule has 2 rings (SSSR count). The minimum Gasteiger partial charge on any atom is -0.463 e. The number of benzene rings is 1. The quantitative estimate of drug-likeness (QED) is 0.917. The van der Waals surface area contributed by atoms with E-state index in [-0.39, 0.29) is 6.04 Å². The highest BCUT2D eigenvalue weighted by Gasteiger charge is 2.18. The van der Waals surface area contributed by atoms with Gasteiger partial charge in [0.2, 0.25) is 0 Å². The van der Waals surface area contributed by atoms with Crippen LogP contribution in [0.2, 0.25) is 0 Å². The van der Waals surface area contributed by atoms with Crippen molar-refractivity contribution in [2.75, 3.05) is 25.1 Å². The van der Waals surface area contributed by atoms with Crippen LogP contribution in [0.1, 0.15) is 0 Å². The fourth-order valence-electron chi connectivity index (χ4n) is 1.65. The molecule has 1 aromatic carbocycles. The first-order valence-electron chi connectivity index (χ1n) is 5.08. The summed E-state index contributed by atoms with van der Waals surface area (Å²) in [6.45, 7) is 1.38. The Labute approximate surface area is 103 Å². The normalized spacial score (nSPS) is 19.1. The van der Waals surface area contributed by atoms with E-state index in [1.807, 2.05) is 19.2 Å². The minimum absolute atomic E-state index is 0.133. The first-order valence-corrected chi connectivity index (χ1v) is 5.87. The first-order chi connectivity index (χ1) is 7.65. The van der Waals surface area contributed by atoms with Gasteiger partial charge >= 0.3 is 0 Å². The summed E-state index contributed by atoms with van der Waals surface area (Å²) in [6.07, 6.45) is 0. The Morgan fingerprint density at radius 2 is 2.19 bits per heavy atom. The molecule has 0 spiro atoms. The highest BCUT2D eigenvalue weighted by molar-refractivity contribution is 9.10. The maximum absolute atomic E-state index is 5.46. The predicted molar refractivity (Wildman–Crippen MR) is 68.8 cm³/mol. The largest absolute Gasteiger partial charge is 0.463 e. The van der Waals surface area contributed by atoms with Crippen LogP contribution in [0.4, 0.5) is 5.69 Å².